The van der Waals surface area contributed by atoms with Gasteiger partial charge in [-0.05, 0) is 36.5 Å². The predicted molar refractivity (Wildman–Crippen MR) is 103 cm³/mol. The molecule has 0 spiro atoms. The monoisotopic (exact) mass is 347 g/mol. The number of hydrogen-bond donors (Lipinski definition) is 3. The summed E-state index contributed by atoms with van der Waals surface area (Å²) >= 11 is 0. The summed E-state index contributed by atoms with van der Waals surface area (Å²) in [4.78, 5) is 0. The van der Waals surface area contributed by atoms with Gasteiger partial charge in [0.15, 0.2) is 0 Å². The minimum Gasteiger partial charge on any atom is -0.411 e. The van der Waals surface area contributed by atoms with Crippen LogP contribution in [0.4, 0.5) is 0 Å². The minimum atomic E-state index is 0.446. The van der Waals surface area contributed by atoms with Crippen molar-refractivity contribution >= 4 is 28.0 Å². The molecule has 0 rings (SSSR count). The molecule has 0 saturated carbocycles. The van der Waals surface area contributed by atoms with Gasteiger partial charge in [-0.3, -0.25) is 0 Å². The minimum absolute atomic E-state index is 0.446. The quantitative estimate of drug-likeness (QED) is 0.297. The summed E-state index contributed by atoms with van der Waals surface area (Å²) in [5.74, 6) is 2.22. The van der Waals surface area contributed by atoms with Gasteiger partial charge in [0, 0.05) is 17.8 Å². The molecule has 0 fully saturated rings. The van der Waals surface area contributed by atoms with Gasteiger partial charge < -0.3 is 15.6 Å². The average molecular weight is 348 g/mol. The zero-order chi connectivity index (χ0) is 18.8. The van der Waals surface area contributed by atoms with Gasteiger partial charge in [0.05, 0.1) is 10.2 Å². The fourth-order valence-electron chi connectivity index (χ4n) is 1.09. The van der Waals surface area contributed by atoms with Crippen molar-refractivity contribution in [2.45, 2.75) is 61.3 Å². The van der Waals surface area contributed by atoms with Crippen molar-refractivity contribution in [2.75, 3.05) is 0 Å². The molecule has 1 unspecified atom stereocenters. The second-order valence-electron chi connectivity index (χ2n) is 6.63. The van der Waals surface area contributed by atoms with Gasteiger partial charge in [-0.15, -0.1) is 15.5 Å². The van der Waals surface area contributed by atoms with Crippen molar-refractivity contribution < 1.29 is 15.6 Å². The Morgan fingerprint density at radius 1 is 0.826 bits per heavy atom. The Morgan fingerprint density at radius 3 is 1.26 bits per heavy atom. The summed E-state index contributed by atoms with van der Waals surface area (Å²) in [6, 6.07) is 0. The third-order valence-electron chi connectivity index (χ3n) is 3.13. The molecule has 0 amide bonds. The smallest absolute Gasteiger partial charge is 0.0617 e. The van der Waals surface area contributed by atoms with E-state index < -0.39 is 0 Å². The van der Waals surface area contributed by atoms with E-state index in [1.807, 2.05) is 0 Å². The van der Waals surface area contributed by atoms with E-state index in [2.05, 4.69) is 63.9 Å². The molecule has 0 aliphatic rings. The molecule has 0 heterocycles. The highest BCUT2D eigenvalue weighted by atomic mass is 28.1. The van der Waals surface area contributed by atoms with Crippen LogP contribution in [0.2, 0.25) is 0 Å². The van der Waals surface area contributed by atoms with Crippen LogP contribution in [0, 0.1) is 23.7 Å². The maximum Gasteiger partial charge on any atom is 0.0617 e. The van der Waals surface area contributed by atoms with Crippen LogP contribution in [0.1, 0.15) is 61.3 Å². The van der Waals surface area contributed by atoms with E-state index in [9.17, 15) is 0 Å². The molecule has 138 valence electrons. The zero-order valence-corrected chi connectivity index (χ0v) is 18.1. The van der Waals surface area contributed by atoms with Gasteiger partial charge in [-0.2, -0.15) is 0 Å². The first kappa shape index (κ1) is 26.5. The lowest BCUT2D eigenvalue weighted by Crippen LogP contribution is -2.16. The van der Waals surface area contributed by atoms with E-state index in [1.54, 1.807) is 0 Å². The molecule has 1 atom stereocenters. The van der Waals surface area contributed by atoms with Crippen molar-refractivity contribution in [3.8, 4) is 0 Å². The van der Waals surface area contributed by atoms with E-state index in [-0.39, 0.29) is 0 Å². The van der Waals surface area contributed by atoms with E-state index >= 15 is 0 Å². The second kappa shape index (κ2) is 18.7. The van der Waals surface area contributed by atoms with Gasteiger partial charge in [-0.25, -0.2) is 0 Å². The molecule has 6 nitrogen and oxygen atoms in total. The Morgan fingerprint density at radius 2 is 1.17 bits per heavy atom. The van der Waals surface area contributed by atoms with E-state index in [0.29, 0.717) is 23.7 Å². The maximum absolute atomic E-state index is 8.38. The molecule has 0 aromatic carbocycles. The first-order valence-corrected chi connectivity index (χ1v) is 9.14. The van der Waals surface area contributed by atoms with Crippen molar-refractivity contribution in [3.05, 3.63) is 0 Å². The van der Waals surface area contributed by atoms with E-state index in [1.165, 1.54) is 12.4 Å². The number of rotatable bonds is 6. The molecule has 3 N–H and O–H groups in total. The van der Waals surface area contributed by atoms with Crippen molar-refractivity contribution in [3.63, 3.8) is 0 Å². The number of hydrogen-bond acceptors (Lipinski definition) is 6. The van der Waals surface area contributed by atoms with Crippen molar-refractivity contribution in [1.82, 2.24) is 0 Å². The molecule has 0 aromatic heterocycles. The zero-order valence-electron chi connectivity index (χ0n) is 16.1. The van der Waals surface area contributed by atoms with E-state index in [4.69, 9.17) is 15.6 Å². The molecule has 7 heteroatoms. The Kier molecular flexibility index (Phi) is 21.5. The van der Waals surface area contributed by atoms with Crippen LogP contribution in [-0.4, -0.2) is 43.6 Å². The summed E-state index contributed by atoms with van der Waals surface area (Å²) < 4.78 is 0. The normalized spacial score (nSPS) is 13.4. The first-order chi connectivity index (χ1) is 10.6. The summed E-state index contributed by atoms with van der Waals surface area (Å²) in [6.07, 6.45) is 4.72. The average Bonchev–Trinajstić information content (AvgIpc) is 2.50. The highest BCUT2D eigenvalue weighted by Gasteiger charge is 2.09. The molecule has 0 aliphatic heterocycles. The van der Waals surface area contributed by atoms with Gasteiger partial charge in [0.1, 0.15) is 0 Å². The fourth-order valence-corrected chi connectivity index (χ4v) is 1.76. The molecular formula is C16H37N3O3Si. The fraction of sp³-hybridized carbons (Fsp3) is 0.812. The van der Waals surface area contributed by atoms with Crippen LogP contribution in [0.5, 0.6) is 0 Å². The molecule has 0 aliphatic carbocycles. The summed E-state index contributed by atoms with van der Waals surface area (Å²) in [7, 11) is 0.871. The van der Waals surface area contributed by atoms with Gasteiger partial charge in [0.25, 0.3) is 0 Å². The van der Waals surface area contributed by atoms with Gasteiger partial charge in [-0.1, -0.05) is 48.5 Å². The third-order valence-corrected chi connectivity index (χ3v) is 4.24. The number of nitrogens with zero attached hydrogens (tertiary/aromatic N) is 3. The largest absolute Gasteiger partial charge is 0.411 e. The lowest BCUT2D eigenvalue weighted by atomic mass is 10.00. The number of oxime groups is 3. The molecule has 0 aromatic rings. The van der Waals surface area contributed by atoms with Crippen LogP contribution in [0.3, 0.4) is 0 Å². The summed E-state index contributed by atoms with van der Waals surface area (Å²) in [5.41, 5.74) is 0. The molecule has 0 saturated heterocycles. The Balaban J connectivity index is -0.000000264. The summed E-state index contributed by atoms with van der Waals surface area (Å²) in [5, 5.41) is 34.0. The third kappa shape index (κ3) is 25.9. The molecule has 23 heavy (non-hydrogen) atoms. The van der Waals surface area contributed by atoms with Crippen LogP contribution in [0.25, 0.3) is 0 Å². The topological polar surface area (TPSA) is 97.8 Å². The van der Waals surface area contributed by atoms with E-state index in [0.717, 1.165) is 28.4 Å². The van der Waals surface area contributed by atoms with Gasteiger partial charge >= 0.3 is 0 Å². The lowest BCUT2D eigenvalue weighted by molar-refractivity contribution is 0.314. The van der Waals surface area contributed by atoms with Crippen molar-refractivity contribution in [2.24, 2.45) is 39.1 Å². The first-order valence-electron chi connectivity index (χ1n) is 8.14. The van der Waals surface area contributed by atoms with Crippen molar-refractivity contribution in [1.29, 1.82) is 0 Å². The van der Waals surface area contributed by atoms with Crippen LogP contribution in [0.15, 0.2) is 15.5 Å². The Labute approximate surface area is 144 Å². The van der Waals surface area contributed by atoms with Crippen LogP contribution < -0.4 is 0 Å². The standard InChI is InChI=1S/C6H15NOSi.2C5H11NO/c1-4(2)5(3)6(9)7-8;2*1-5(2)3-4-6-7/h4-5,8H,1-3,9H3;2*4-5,7H,3H2,1-2H3. The second-order valence-corrected chi connectivity index (χ2v) is 7.65. The molecule has 0 bridgehead atoms. The SMILES string of the molecule is CC(C)C(C)C([SiH3])=NO.CC(C)CC=NO.CC(C)CC=NO. The maximum atomic E-state index is 8.38. The highest BCUT2D eigenvalue weighted by Crippen LogP contribution is 2.09. The predicted octanol–water partition coefficient (Wildman–Crippen LogP) is 3.42. The van der Waals surface area contributed by atoms with Crippen LogP contribution >= 0.6 is 0 Å². The van der Waals surface area contributed by atoms with Gasteiger partial charge in [0.2, 0.25) is 0 Å². The summed E-state index contributed by atoms with van der Waals surface area (Å²) in [6.45, 7) is 14.6. The molecular weight excluding hydrogens is 310 g/mol. The van der Waals surface area contributed by atoms with Crippen LogP contribution in [-0.2, 0) is 0 Å². The Bertz CT molecular complexity index is 313. The lowest BCUT2D eigenvalue weighted by Gasteiger charge is -2.12. The molecule has 0 radical (unpaired) electrons. The highest BCUT2D eigenvalue weighted by molar-refractivity contribution is 6.60. The Hall–Kier alpha value is -1.37.